The predicted octanol–water partition coefficient (Wildman–Crippen LogP) is 2.39. The van der Waals surface area contributed by atoms with Crippen molar-refractivity contribution in [3.05, 3.63) is 35.1 Å². The molecule has 0 amide bonds. The first-order chi connectivity index (χ1) is 6.68. The molecule has 74 valence electrons. The number of furan rings is 1. The first kappa shape index (κ1) is 9.40. The maximum absolute atomic E-state index is 10.9. The molecular formula is C10H10O3S. The highest BCUT2D eigenvalue weighted by Crippen LogP contribution is 2.37. The van der Waals surface area contributed by atoms with Gasteiger partial charge >= 0.3 is 5.97 Å². The van der Waals surface area contributed by atoms with Crippen LogP contribution in [0.25, 0.3) is 0 Å². The molecule has 0 fully saturated rings. The average Bonchev–Trinajstić information content (AvgIpc) is 2.70. The van der Waals surface area contributed by atoms with E-state index in [0.717, 1.165) is 11.5 Å². The van der Waals surface area contributed by atoms with Crippen molar-refractivity contribution in [3.8, 4) is 0 Å². The first-order valence-electron chi connectivity index (χ1n) is 4.30. The maximum atomic E-state index is 10.9. The molecule has 4 heteroatoms. The number of thioether (sulfide) groups is 1. The number of rotatable bonds is 2. The number of carboxylic acids is 1. The Balaban J connectivity index is 2.25. The van der Waals surface area contributed by atoms with Gasteiger partial charge in [0, 0.05) is 0 Å². The van der Waals surface area contributed by atoms with Crippen LogP contribution in [0.2, 0.25) is 0 Å². The average molecular weight is 210 g/mol. The second-order valence-corrected chi connectivity index (χ2v) is 4.25. The number of allylic oxidation sites excluding steroid dienone is 1. The van der Waals surface area contributed by atoms with Crippen molar-refractivity contribution in [1.29, 1.82) is 0 Å². The van der Waals surface area contributed by atoms with Crippen LogP contribution in [0.15, 0.2) is 28.0 Å². The molecule has 3 nitrogen and oxygen atoms in total. The third kappa shape index (κ3) is 1.57. The molecule has 2 rings (SSSR count). The Kier molecular flexibility index (Phi) is 2.37. The van der Waals surface area contributed by atoms with Crippen molar-refractivity contribution in [1.82, 2.24) is 0 Å². The largest absolute Gasteiger partial charge is 0.480 e. The van der Waals surface area contributed by atoms with E-state index in [2.05, 4.69) is 0 Å². The van der Waals surface area contributed by atoms with Gasteiger partial charge in [0.25, 0.3) is 0 Å². The molecule has 0 spiro atoms. The van der Waals surface area contributed by atoms with Gasteiger partial charge in [-0.1, -0.05) is 6.08 Å². The van der Waals surface area contributed by atoms with Gasteiger partial charge < -0.3 is 9.52 Å². The van der Waals surface area contributed by atoms with E-state index in [4.69, 9.17) is 9.52 Å². The third-order valence-electron chi connectivity index (χ3n) is 2.17. The smallest absolute Gasteiger partial charge is 0.318 e. The summed E-state index contributed by atoms with van der Waals surface area (Å²) in [6, 6.07) is 3.69. The minimum absolute atomic E-state index is 0.133. The Labute approximate surface area is 85.8 Å². The van der Waals surface area contributed by atoms with Crippen molar-refractivity contribution in [3.63, 3.8) is 0 Å². The molecule has 0 aromatic carbocycles. The molecular weight excluding hydrogens is 200 g/mol. The minimum atomic E-state index is -0.793. The van der Waals surface area contributed by atoms with Crippen LogP contribution < -0.4 is 0 Å². The molecule has 1 aliphatic rings. The monoisotopic (exact) mass is 210 g/mol. The second-order valence-electron chi connectivity index (χ2n) is 3.20. The zero-order valence-corrected chi connectivity index (χ0v) is 8.45. The number of carboxylic acid groups (broad SMARTS) is 1. The van der Waals surface area contributed by atoms with Gasteiger partial charge in [-0.15, -0.1) is 11.8 Å². The summed E-state index contributed by atoms with van der Waals surface area (Å²) in [5.41, 5.74) is 0. The lowest BCUT2D eigenvalue weighted by atomic mass is 10.0. The Morgan fingerprint density at radius 3 is 2.93 bits per heavy atom. The molecule has 2 heterocycles. The number of aliphatic carboxylic acids is 1. The Morgan fingerprint density at radius 1 is 1.57 bits per heavy atom. The summed E-state index contributed by atoms with van der Waals surface area (Å²) in [4.78, 5) is 10.9. The van der Waals surface area contributed by atoms with Gasteiger partial charge in [0.15, 0.2) is 0 Å². The quantitative estimate of drug-likeness (QED) is 0.814. The molecule has 0 aliphatic carbocycles. The Morgan fingerprint density at radius 2 is 2.36 bits per heavy atom. The Bertz CT molecular complexity index is 380. The van der Waals surface area contributed by atoms with Crippen LogP contribution in [0.5, 0.6) is 0 Å². The van der Waals surface area contributed by atoms with Crippen LogP contribution in [0.3, 0.4) is 0 Å². The van der Waals surface area contributed by atoms with Crippen LogP contribution in [-0.4, -0.2) is 16.3 Å². The van der Waals surface area contributed by atoms with E-state index in [9.17, 15) is 4.79 Å². The lowest BCUT2D eigenvalue weighted by Crippen LogP contribution is -2.20. The standard InChI is InChI=1S/C10H10O3S/c1-6-2-3-8(13-6)7-4-5-14-9(7)10(11)12/h2-5,7,9H,1H3,(H,11,12). The van der Waals surface area contributed by atoms with Crippen LogP contribution >= 0.6 is 11.8 Å². The number of carbonyl (C=O) groups is 1. The fourth-order valence-electron chi connectivity index (χ4n) is 1.49. The lowest BCUT2D eigenvalue weighted by Gasteiger charge is -2.11. The van der Waals surface area contributed by atoms with Gasteiger partial charge in [0.1, 0.15) is 16.8 Å². The predicted molar refractivity (Wildman–Crippen MR) is 54.3 cm³/mol. The zero-order valence-electron chi connectivity index (χ0n) is 7.64. The SMILES string of the molecule is Cc1ccc(C2C=CSC2C(=O)O)o1. The molecule has 2 unspecified atom stereocenters. The van der Waals surface area contributed by atoms with Crippen molar-refractivity contribution < 1.29 is 14.3 Å². The molecule has 0 saturated heterocycles. The van der Waals surface area contributed by atoms with E-state index >= 15 is 0 Å². The van der Waals surface area contributed by atoms with E-state index in [0.29, 0.717) is 0 Å². The summed E-state index contributed by atoms with van der Waals surface area (Å²) in [7, 11) is 0. The molecule has 1 N–H and O–H groups in total. The highest BCUT2D eigenvalue weighted by atomic mass is 32.2. The van der Waals surface area contributed by atoms with Crippen molar-refractivity contribution in [2.45, 2.75) is 18.1 Å². The molecule has 1 aliphatic heterocycles. The van der Waals surface area contributed by atoms with Crippen molar-refractivity contribution >= 4 is 17.7 Å². The van der Waals surface area contributed by atoms with E-state index in [1.807, 2.05) is 30.5 Å². The van der Waals surface area contributed by atoms with Gasteiger partial charge in [-0.2, -0.15) is 0 Å². The summed E-state index contributed by atoms with van der Waals surface area (Å²) in [6.45, 7) is 1.85. The molecule has 14 heavy (non-hydrogen) atoms. The summed E-state index contributed by atoms with van der Waals surface area (Å²) in [6.07, 6.45) is 1.88. The molecule has 2 atom stereocenters. The highest BCUT2D eigenvalue weighted by molar-refractivity contribution is 8.03. The molecule has 0 radical (unpaired) electrons. The van der Waals surface area contributed by atoms with Gasteiger partial charge in [-0.25, -0.2) is 0 Å². The summed E-state index contributed by atoms with van der Waals surface area (Å²) < 4.78 is 5.42. The number of hydrogen-bond donors (Lipinski definition) is 1. The van der Waals surface area contributed by atoms with Crippen molar-refractivity contribution in [2.75, 3.05) is 0 Å². The zero-order chi connectivity index (χ0) is 10.1. The first-order valence-corrected chi connectivity index (χ1v) is 5.24. The van der Waals surface area contributed by atoms with Crippen LogP contribution in [0.4, 0.5) is 0 Å². The molecule has 1 aromatic heterocycles. The summed E-state index contributed by atoms with van der Waals surface area (Å²) >= 11 is 1.32. The van der Waals surface area contributed by atoms with Crippen LogP contribution in [-0.2, 0) is 4.79 Å². The lowest BCUT2D eigenvalue weighted by molar-refractivity contribution is -0.136. The topological polar surface area (TPSA) is 50.4 Å². The molecule has 0 bridgehead atoms. The minimum Gasteiger partial charge on any atom is -0.480 e. The highest BCUT2D eigenvalue weighted by Gasteiger charge is 2.33. The van der Waals surface area contributed by atoms with Crippen LogP contribution in [0, 0.1) is 6.92 Å². The number of hydrogen-bond acceptors (Lipinski definition) is 3. The molecule has 0 saturated carbocycles. The third-order valence-corrected chi connectivity index (χ3v) is 3.27. The van der Waals surface area contributed by atoms with Gasteiger partial charge in [0.2, 0.25) is 0 Å². The van der Waals surface area contributed by atoms with E-state index in [1.165, 1.54) is 11.8 Å². The van der Waals surface area contributed by atoms with E-state index < -0.39 is 11.2 Å². The fraction of sp³-hybridized carbons (Fsp3) is 0.300. The van der Waals surface area contributed by atoms with Gasteiger partial charge in [0.05, 0.1) is 5.92 Å². The summed E-state index contributed by atoms with van der Waals surface area (Å²) in [5.74, 6) is 0.621. The molecule has 1 aromatic rings. The van der Waals surface area contributed by atoms with Gasteiger partial charge in [-0.3, -0.25) is 4.79 Å². The fourth-order valence-corrected chi connectivity index (χ4v) is 2.43. The van der Waals surface area contributed by atoms with Crippen LogP contribution in [0.1, 0.15) is 17.4 Å². The maximum Gasteiger partial charge on any atom is 0.318 e. The summed E-state index contributed by atoms with van der Waals surface area (Å²) in [5, 5.41) is 10.3. The Hall–Kier alpha value is -1.16. The van der Waals surface area contributed by atoms with Gasteiger partial charge in [-0.05, 0) is 24.5 Å². The normalized spacial score (nSPS) is 25.5. The van der Waals surface area contributed by atoms with E-state index in [1.54, 1.807) is 0 Å². The van der Waals surface area contributed by atoms with E-state index in [-0.39, 0.29) is 5.92 Å². The van der Waals surface area contributed by atoms with Crippen molar-refractivity contribution in [2.24, 2.45) is 0 Å². The second kappa shape index (κ2) is 3.53. The number of aryl methyl sites for hydroxylation is 1.